The third-order valence-electron chi connectivity index (χ3n) is 4.85. The maximum absolute atomic E-state index is 12.7. The fourth-order valence-corrected chi connectivity index (χ4v) is 4.63. The summed E-state index contributed by atoms with van der Waals surface area (Å²) in [5.74, 6) is -0.335. The van der Waals surface area contributed by atoms with Gasteiger partial charge in [-0.3, -0.25) is 19.7 Å². The molecule has 1 aromatic carbocycles. The predicted molar refractivity (Wildman–Crippen MR) is 112 cm³/mol. The Hall–Kier alpha value is -3.21. The quantitative estimate of drug-likeness (QED) is 0.619. The highest BCUT2D eigenvalue weighted by Crippen LogP contribution is 2.19. The SMILES string of the molecule is O=C(NCc1nccnc1-c1cccnc1)c1ccc(S(=O)(=O)N2CCOCC2)cc1. The third-order valence-corrected chi connectivity index (χ3v) is 6.76. The van der Waals surface area contributed by atoms with Crippen molar-refractivity contribution in [2.45, 2.75) is 11.4 Å². The lowest BCUT2D eigenvalue weighted by Crippen LogP contribution is -2.40. The van der Waals surface area contributed by atoms with Gasteiger partial charge in [-0.15, -0.1) is 0 Å². The summed E-state index contributed by atoms with van der Waals surface area (Å²) in [6.45, 7) is 1.57. The van der Waals surface area contributed by atoms with Gasteiger partial charge < -0.3 is 10.1 Å². The van der Waals surface area contributed by atoms with Crippen LogP contribution in [-0.2, 0) is 21.3 Å². The van der Waals surface area contributed by atoms with E-state index >= 15 is 0 Å². The topological polar surface area (TPSA) is 114 Å². The Morgan fingerprint density at radius 1 is 1.03 bits per heavy atom. The molecule has 10 heteroatoms. The van der Waals surface area contributed by atoms with Crippen LogP contribution in [0.15, 0.2) is 66.1 Å². The lowest BCUT2D eigenvalue weighted by atomic mass is 10.1. The van der Waals surface area contributed by atoms with Gasteiger partial charge in [0, 0.05) is 49.0 Å². The Balaban J connectivity index is 1.45. The number of sulfonamides is 1. The smallest absolute Gasteiger partial charge is 0.251 e. The molecule has 0 bridgehead atoms. The first-order chi connectivity index (χ1) is 15.1. The molecule has 0 saturated carbocycles. The molecule has 0 unspecified atom stereocenters. The number of amides is 1. The minimum absolute atomic E-state index is 0.152. The van der Waals surface area contributed by atoms with Crippen molar-refractivity contribution in [1.29, 1.82) is 0 Å². The molecule has 160 valence electrons. The van der Waals surface area contributed by atoms with Crippen LogP contribution in [0.4, 0.5) is 0 Å². The molecule has 9 nitrogen and oxygen atoms in total. The van der Waals surface area contributed by atoms with E-state index < -0.39 is 10.0 Å². The molecule has 1 fully saturated rings. The van der Waals surface area contributed by atoms with E-state index in [1.807, 2.05) is 6.07 Å². The number of hydrogen-bond acceptors (Lipinski definition) is 7. The van der Waals surface area contributed by atoms with Crippen LogP contribution >= 0.6 is 0 Å². The first kappa shape index (κ1) is 21.0. The van der Waals surface area contributed by atoms with Crippen LogP contribution in [0, 0.1) is 0 Å². The van der Waals surface area contributed by atoms with E-state index in [0.29, 0.717) is 43.3 Å². The van der Waals surface area contributed by atoms with E-state index in [1.165, 1.54) is 28.6 Å². The molecule has 1 amide bonds. The van der Waals surface area contributed by atoms with Gasteiger partial charge in [-0.25, -0.2) is 8.42 Å². The van der Waals surface area contributed by atoms with Gasteiger partial charge in [-0.1, -0.05) is 0 Å². The van der Waals surface area contributed by atoms with Gasteiger partial charge in [0.25, 0.3) is 5.91 Å². The fourth-order valence-electron chi connectivity index (χ4n) is 3.22. The summed E-state index contributed by atoms with van der Waals surface area (Å²) in [5.41, 5.74) is 2.41. The second kappa shape index (κ2) is 9.29. The summed E-state index contributed by atoms with van der Waals surface area (Å²) in [6, 6.07) is 9.57. The molecule has 0 aliphatic carbocycles. The van der Waals surface area contributed by atoms with Crippen molar-refractivity contribution in [1.82, 2.24) is 24.6 Å². The zero-order chi connectivity index (χ0) is 21.7. The Morgan fingerprint density at radius 3 is 2.48 bits per heavy atom. The van der Waals surface area contributed by atoms with Gasteiger partial charge in [-0.05, 0) is 36.4 Å². The molecule has 0 radical (unpaired) electrons. The highest BCUT2D eigenvalue weighted by atomic mass is 32.2. The van der Waals surface area contributed by atoms with Crippen LogP contribution in [0.25, 0.3) is 11.3 Å². The summed E-state index contributed by atoms with van der Waals surface area (Å²) < 4.78 is 32.0. The number of carbonyl (C=O) groups is 1. The van der Waals surface area contributed by atoms with Crippen LogP contribution in [0.5, 0.6) is 0 Å². The minimum atomic E-state index is -3.60. The summed E-state index contributed by atoms with van der Waals surface area (Å²) in [7, 11) is -3.60. The van der Waals surface area contributed by atoms with Crippen LogP contribution in [-0.4, -0.2) is 59.9 Å². The number of aromatic nitrogens is 3. The van der Waals surface area contributed by atoms with Crippen LogP contribution in [0.3, 0.4) is 0 Å². The first-order valence-corrected chi connectivity index (χ1v) is 11.2. The van der Waals surface area contributed by atoms with Crippen molar-refractivity contribution in [3.63, 3.8) is 0 Å². The van der Waals surface area contributed by atoms with Crippen molar-refractivity contribution >= 4 is 15.9 Å². The summed E-state index contributed by atoms with van der Waals surface area (Å²) >= 11 is 0. The molecular formula is C21H21N5O4S. The van der Waals surface area contributed by atoms with Gasteiger partial charge >= 0.3 is 0 Å². The number of ether oxygens (including phenoxy) is 1. The number of hydrogen-bond donors (Lipinski definition) is 1. The summed E-state index contributed by atoms with van der Waals surface area (Å²) in [6.07, 6.45) is 6.50. The van der Waals surface area contributed by atoms with Gasteiger partial charge in [-0.2, -0.15) is 4.31 Å². The zero-order valence-corrected chi connectivity index (χ0v) is 17.5. The van der Waals surface area contributed by atoms with Gasteiger partial charge in [0.15, 0.2) is 0 Å². The maximum Gasteiger partial charge on any atom is 0.251 e. The second-order valence-corrected chi connectivity index (χ2v) is 8.75. The number of rotatable bonds is 6. The fraction of sp³-hybridized carbons (Fsp3) is 0.238. The number of morpholine rings is 1. The minimum Gasteiger partial charge on any atom is -0.379 e. The molecule has 3 aromatic rings. The van der Waals surface area contributed by atoms with E-state index in [9.17, 15) is 13.2 Å². The van der Waals surface area contributed by atoms with Crippen LogP contribution in [0.1, 0.15) is 16.1 Å². The summed E-state index contributed by atoms with van der Waals surface area (Å²) in [4.78, 5) is 25.5. The average Bonchev–Trinajstić information content (AvgIpc) is 2.84. The molecule has 4 rings (SSSR count). The number of benzene rings is 1. The van der Waals surface area contributed by atoms with Crippen molar-refractivity contribution in [3.8, 4) is 11.3 Å². The van der Waals surface area contributed by atoms with E-state index in [1.54, 1.807) is 30.9 Å². The number of nitrogens with one attached hydrogen (secondary N) is 1. The molecule has 1 N–H and O–H groups in total. The van der Waals surface area contributed by atoms with E-state index in [4.69, 9.17) is 4.74 Å². The molecule has 2 aromatic heterocycles. The first-order valence-electron chi connectivity index (χ1n) is 9.72. The van der Waals surface area contributed by atoms with Crippen molar-refractivity contribution in [2.75, 3.05) is 26.3 Å². The molecule has 1 saturated heterocycles. The Bertz CT molecular complexity index is 1150. The highest BCUT2D eigenvalue weighted by molar-refractivity contribution is 7.89. The molecule has 3 heterocycles. The standard InChI is InChI=1S/C21H21N5O4S/c27-21(25-15-19-20(24-9-8-23-19)17-2-1-7-22-14-17)16-3-5-18(6-4-16)31(28,29)26-10-12-30-13-11-26/h1-9,14H,10-13,15H2,(H,25,27). The van der Waals surface area contributed by atoms with Crippen molar-refractivity contribution in [3.05, 3.63) is 72.4 Å². The third kappa shape index (κ3) is 4.76. The molecule has 0 spiro atoms. The lowest BCUT2D eigenvalue weighted by molar-refractivity contribution is 0.0730. The Morgan fingerprint density at radius 2 is 1.77 bits per heavy atom. The van der Waals surface area contributed by atoms with E-state index in [2.05, 4.69) is 20.3 Å². The molecule has 1 aliphatic heterocycles. The predicted octanol–water partition coefficient (Wildman–Crippen LogP) is 1.49. The number of pyridine rings is 1. The van der Waals surface area contributed by atoms with Crippen molar-refractivity contribution in [2.24, 2.45) is 0 Å². The van der Waals surface area contributed by atoms with E-state index in [-0.39, 0.29) is 17.3 Å². The van der Waals surface area contributed by atoms with Gasteiger partial charge in [0.1, 0.15) is 0 Å². The lowest BCUT2D eigenvalue weighted by Gasteiger charge is -2.26. The Kier molecular flexibility index (Phi) is 6.31. The van der Waals surface area contributed by atoms with Crippen LogP contribution < -0.4 is 5.32 Å². The molecule has 1 aliphatic rings. The second-order valence-electron chi connectivity index (χ2n) is 6.82. The highest BCUT2D eigenvalue weighted by Gasteiger charge is 2.26. The monoisotopic (exact) mass is 439 g/mol. The normalized spacial score (nSPS) is 14.8. The Labute approximate surface area is 180 Å². The molecule has 31 heavy (non-hydrogen) atoms. The zero-order valence-electron chi connectivity index (χ0n) is 16.6. The van der Waals surface area contributed by atoms with Crippen molar-refractivity contribution < 1.29 is 17.9 Å². The molecular weight excluding hydrogens is 418 g/mol. The summed E-state index contributed by atoms with van der Waals surface area (Å²) in [5, 5.41) is 2.81. The number of carbonyl (C=O) groups excluding carboxylic acids is 1. The maximum atomic E-state index is 12.7. The largest absolute Gasteiger partial charge is 0.379 e. The van der Waals surface area contributed by atoms with Gasteiger partial charge in [0.05, 0.1) is 36.0 Å². The average molecular weight is 439 g/mol. The molecule has 0 atom stereocenters. The van der Waals surface area contributed by atoms with Gasteiger partial charge in [0.2, 0.25) is 10.0 Å². The van der Waals surface area contributed by atoms with Crippen LogP contribution in [0.2, 0.25) is 0 Å². The number of nitrogens with zero attached hydrogens (tertiary/aromatic N) is 4. The van der Waals surface area contributed by atoms with E-state index in [0.717, 1.165) is 5.56 Å².